The van der Waals surface area contributed by atoms with Gasteiger partial charge in [-0.1, -0.05) is 43.4 Å². The number of ketones is 1. The molecule has 3 rings (SSSR count). The highest BCUT2D eigenvalue weighted by atomic mass is 31.0. The lowest BCUT2D eigenvalue weighted by Gasteiger charge is -2.07. The van der Waals surface area contributed by atoms with Crippen LogP contribution in [0, 0.1) is 18.7 Å². The van der Waals surface area contributed by atoms with Gasteiger partial charge >= 0.3 is 5.97 Å². The first-order valence-corrected chi connectivity index (χ1v) is 10.3. The van der Waals surface area contributed by atoms with Crippen molar-refractivity contribution in [2.45, 2.75) is 40.5 Å². The highest BCUT2D eigenvalue weighted by molar-refractivity contribution is 7.22. The Hall–Kier alpha value is -2.58. The predicted octanol–water partition coefficient (Wildman–Crippen LogP) is 6.36. The number of carbonyl (C=O) groups excluding carboxylic acids is 1. The molecule has 0 amide bonds. The van der Waals surface area contributed by atoms with E-state index in [1.807, 2.05) is 13.0 Å². The van der Waals surface area contributed by atoms with E-state index >= 15 is 0 Å². The highest BCUT2D eigenvalue weighted by Crippen LogP contribution is 2.19. The number of hydrogen-bond acceptors (Lipinski definition) is 2. The van der Waals surface area contributed by atoms with Crippen molar-refractivity contribution in [3.63, 3.8) is 0 Å². The molecule has 1 N–H and O–H groups in total. The molecule has 2 atom stereocenters. The van der Waals surface area contributed by atoms with Crippen LogP contribution in [0.1, 0.15) is 54.2 Å². The predicted molar refractivity (Wildman–Crippen MR) is 124 cm³/mol. The van der Waals surface area contributed by atoms with Crippen LogP contribution >= 0.6 is 9.24 Å². The molecule has 5 heteroatoms. The topological polar surface area (TPSA) is 54.4 Å². The van der Waals surface area contributed by atoms with Crippen LogP contribution in [-0.4, -0.2) is 16.9 Å². The SMILES string of the molecule is CC(C)=O.CC1C=CC(P)=CC1.Cc1cc(C(=O)O)ccc1Cc1ccc(F)cc1. The third kappa shape index (κ3) is 10.3. The van der Waals surface area contributed by atoms with Gasteiger partial charge in [-0.2, -0.15) is 0 Å². The molecule has 1 aliphatic rings. The Kier molecular flexibility index (Phi) is 10.9. The van der Waals surface area contributed by atoms with Gasteiger partial charge in [0, 0.05) is 0 Å². The van der Waals surface area contributed by atoms with Gasteiger partial charge in [-0.05, 0) is 85.8 Å². The van der Waals surface area contributed by atoms with Gasteiger partial charge in [-0.15, -0.1) is 9.24 Å². The number of aromatic carboxylic acids is 1. The fourth-order valence-electron chi connectivity index (χ4n) is 2.59. The lowest BCUT2D eigenvalue weighted by molar-refractivity contribution is -0.115. The van der Waals surface area contributed by atoms with Crippen molar-refractivity contribution in [2.24, 2.45) is 5.92 Å². The van der Waals surface area contributed by atoms with Crippen molar-refractivity contribution in [3.8, 4) is 0 Å². The average Bonchev–Trinajstić information content (AvgIpc) is 2.67. The first-order valence-electron chi connectivity index (χ1n) is 9.76. The van der Waals surface area contributed by atoms with Gasteiger partial charge in [0.25, 0.3) is 0 Å². The van der Waals surface area contributed by atoms with Crippen molar-refractivity contribution in [2.75, 3.05) is 0 Å². The second-order valence-electron chi connectivity index (χ2n) is 7.43. The van der Waals surface area contributed by atoms with E-state index in [0.717, 1.165) is 22.6 Å². The number of rotatable bonds is 3. The van der Waals surface area contributed by atoms with Crippen LogP contribution in [0.15, 0.2) is 66.0 Å². The molecule has 2 aromatic rings. The zero-order chi connectivity index (χ0) is 22.7. The van der Waals surface area contributed by atoms with Crippen LogP contribution in [-0.2, 0) is 11.2 Å². The van der Waals surface area contributed by atoms with Crippen LogP contribution in [0.3, 0.4) is 0 Å². The summed E-state index contributed by atoms with van der Waals surface area (Å²) in [6, 6.07) is 11.4. The van der Waals surface area contributed by atoms with E-state index in [9.17, 15) is 14.0 Å². The Morgan fingerprint density at radius 3 is 2.17 bits per heavy atom. The van der Waals surface area contributed by atoms with E-state index < -0.39 is 5.97 Å². The van der Waals surface area contributed by atoms with Crippen molar-refractivity contribution >= 4 is 21.0 Å². The van der Waals surface area contributed by atoms with Crippen molar-refractivity contribution in [1.82, 2.24) is 0 Å². The van der Waals surface area contributed by atoms with E-state index in [4.69, 9.17) is 5.11 Å². The number of allylic oxidation sites excluding steroid dienone is 4. The minimum absolute atomic E-state index is 0.167. The second kappa shape index (κ2) is 12.9. The van der Waals surface area contributed by atoms with Gasteiger partial charge in [0.2, 0.25) is 0 Å². The number of aryl methyl sites for hydroxylation is 1. The fraction of sp³-hybridized carbons (Fsp3) is 0.280. The van der Waals surface area contributed by atoms with Gasteiger partial charge in [-0.25, -0.2) is 9.18 Å². The minimum atomic E-state index is -0.925. The van der Waals surface area contributed by atoms with Crippen LogP contribution in [0.4, 0.5) is 4.39 Å². The normalized spacial score (nSPS) is 14.5. The number of halogens is 1. The molecule has 0 aliphatic heterocycles. The Morgan fingerprint density at radius 1 is 1.13 bits per heavy atom. The zero-order valence-electron chi connectivity index (χ0n) is 18.0. The van der Waals surface area contributed by atoms with E-state index in [2.05, 4.69) is 34.4 Å². The van der Waals surface area contributed by atoms with Gasteiger partial charge in [0.05, 0.1) is 5.56 Å². The van der Waals surface area contributed by atoms with Crippen molar-refractivity contribution in [1.29, 1.82) is 0 Å². The summed E-state index contributed by atoms with van der Waals surface area (Å²) in [6.45, 7) is 7.16. The average molecular weight is 428 g/mol. The number of Topliss-reactive ketones (excluding diaryl/α,β-unsaturated/α-hetero) is 1. The Labute approximate surface area is 180 Å². The molecule has 0 heterocycles. The first kappa shape index (κ1) is 25.5. The monoisotopic (exact) mass is 428 g/mol. The standard InChI is InChI=1S/C15H13FO2.C7H11P.C3H6O/c1-10-8-13(15(17)18)5-4-12(10)9-11-2-6-14(16)7-3-11;1-6-2-4-7(8)5-3-6;1-3(2)4/h2-8H,9H2,1H3,(H,17,18);2,4-6H,3,8H2,1H3;1-2H3. The molecule has 0 fully saturated rings. The third-order valence-electron chi connectivity index (χ3n) is 4.24. The molecule has 0 spiro atoms. The largest absolute Gasteiger partial charge is 0.478 e. The van der Waals surface area contributed by atoms with Crippen LogP contribution in [0.25, 0.3) is 0 Å². The molecule has 30 heavy (non-hydrogen) atoms. The third-order valence-corrected chi connectivity index (χ3v) is 4.67. The van der Waals surface area contributed by atoms with E-state index in [0.29, 0.717) is 6.42 Å². The molecular formula is C25H30FO3P. The summed E-state index contributed by atoms with van der Waals surface area (Å²) in [4.78, 5) is 20.3. The summed E-state index contributed by atoms with van der Waals surface area (Å²) in [5.74, 6) is -0.262. The van der Waals surface area contributed by atoms with Gasteiger partial charge < -0.3 is 9.90 Å². The maximum absolute atomic E-state index is 12.8. The Balaban J connectivity index is 0.000000309. The zero-order valence-corrected chi connectivity index (χ0v) is 19.1. The molecule has 0 saturated carbocycles. The quantitative estimate of drug-likeness (QED) is 0.579. The minimum Gasteiger partial charge on any atom is -0.478 e. The molecule has 160 valence electrons. The van der Waals surface area contributed by atoms with E-state index in [-0.39, 0.29) is 17.2 Å². The van der Waals surface area contributed by atoms with E-state index in [1.165, 1.54) is 37.7 Å². The summed E-state index contributed by atoms with van der Waals surface area (Å²) in [5, 5.41) is 10.2. The van der Waals surface area contributed by atoms with Crippen molar-refractivity contribution < 1.29 is 19.1 Å². The summed E-state index contributed by atoms with van der Waals surface area (Å²) < 4.78 is 12.8. The molecule has 0 bridgehead atoms. The summed E-state index contributed by atoms with van der Waals surface area (Å²) in [5.41, 5.74) is 3.27. The van der Waals surface area contributed by atoms with Crippen molar-refractivity contribution in [3.05, 3.63) is 94.1 Å². The van der Waals surface area contributed by atoms with Crippen LogP contribution in [0.2, 0.25) is 0 Å². The molecule has 0 radical (unpaired) electrons. The smallest absolute Gasteiger partial charge is 0.335 e. The molecule has 2 unspecified atom stereocenters. The fourth-order valence-corrected chi connectivity index (χ4v) is 2.84. The molecule has 1 aliphatic carbocycles. The van der Waals surface area contributed by atoms with Crippen LogP contribution < -0.4 is 0 Å². The number of carbonyl (C=O) groups is 2. The molecule has 0 aromatic heterocycles. The highest BCUT2D eigenvalue weighted by Gasteiger charge is 2.06. The number of hydrogen-bond donors (Lipinski definition) is 1. The summed E-state index contributed by atoms with van der Waals surface area (Å²) in [7, 11) is 2.70. The van der Waals surface area contributed by atoms with Gasteiger partial charge in [0.1, 0.15) is 11.6 Å². The maximum Gasteiger partial charge on any atom is 0.335 e. The lowest BCUT2D eigenvalue weighted by atomic mass is 9.98. The van der Waals surface area contributed by atoms with Crippen LogP contribution in [0.5, 0.6) is 0 Å². The number of benzene rings is 2. The second-order valence-corrected chi connectivity index (χ2v) is 8.10. The number of carboxylic acids is 1. The number of carboxylic acid groups (broad SMARTS) is 1. The maximum atomic E-state index is 12.8. The summed E-state index contributed by atoms with van der Waals surface area (Å²) >= 11 is 0. The Morgan fingerprint density at radius 2 is 1.73 bits per heavy atom. The van der Waals surface area contributed by atoms with E-state index in [1.54, 1.807) is 24.3 Å². The molecule has 0 saturated heterocycles. The molecule has 3 nitrogen and oxygen atoms in total. The summed E-state index contributed by atoms with van der Waals surface area (Å²) in [6.07, 6.45) is 8.51. The lowest BCUT2D eigenvalue weighted by Crippen LogP contribution is -1.99. The van der Waals surface area contributed by atoms with Gasteiger partial charge in [-0.3, -0.25) is 0 Å². The first-order chi connectivity index (χ1) is 14.1. The Bertz CT molecular complexity index is 910. The molecule has 2 aromatic carbocycles. The molecular weight excluding hydrogens is 398 g/mol. The van der Waals surface area contributed by atoms with Gasteiger partial charge in [0.15, 0.2) is 0 Å².